The van der Waals surface area contributed by atoms with E-state index >= 15 is 0 Å². The van der Waals surface area contributed by atoms with E-state index in [1.807, 2.05) is 13.2 Å². The van der Waals surface area contributed by atoms with E-state index in [1.54, 1.807) is 35.0 Å². The van der Waals surface area contributed by atoms with E-state index in [4.69, 9.17) is 16.3 Å². The number of hydrogen-bond acceptors (Lipinski definition) is 3. The quantitative estimate of drug-likeness (QED) is 0.716. The number of carbonyl (C=O) groups excluding carboxylic acids is 1. The first-order valence-electron chi connectivity index (χ1n) is 6.18. The van der Waals surface area contributed by atoms with Gasteiger partial charge < -0.3 is 9.64 Å². The molecule has 0 fully saturated rings. The third-order valence-corrected chi connectivity index (χ3v) is 4.52. The lowest BCUT2D eigenvalue weighted by Gasteiger charge is -2.18. The molecule has 112 valence electrons. The summed E-state index contributed by atoms with van der Waals surface area (Å²) in [4.78, 5) is 14.2. The van der Waals surface area contributed by atoms with Crippen LogP contribution >= 0.6 is 34.2 Å². The minimum atomic E-state index is -0.144. The fourth-order valence-electron chi connectivity index (χ4n) is 1.97. The summed E-state index contributed by atoms with van der Waals surface area (Å²) in [6.07, 6.45) is 3.61. The predicted molar refractivity (Wildman–Crippen MR) is 89.7 cm³/mol. The zero-order valence-corrected chi connectivity index (χ0v) is 14.8. The van der Waals surface area contributed by atoms with Gasteiger partial charge in [0.25, 0.3) is 5.91 Å². The highest BCUT2D eigenvalue weighted by molar-refractivity contribution is 14.1. The topological polar surface area (TPSA) is 47.4 Å². The Balaban J connectivity index is 2.24. The summed E-state index contributed by atoms with van der Waals surface area (Å²) in [5.74, 6) is 0.376. The molecule has 0 bridgehead atoms. The van der Waals surface area contributed by atoms with Gasteiger partial charge in [-0.05, 0) is 34.7 Å². The molecule has 0 saturated heterocycles. The van der Waals surface area contributed by atoms with E-state index < -0.39 is 0 Å². The highest BCUT2D eigenvalue weighted by Crippen LogP contribution is 2.29. The molecule has 21 heavy (non-hydrogen) atoms. The molecule has 1 aromatic carbocycles. The van der Waals surface area contributed by atoms with Crippen molar-refractivity contribution in [1.82, 2.24) is 14.7 Å². The summed E-state index contributed by atoms with van der Waals surface area (Å²) in [5.41, 5.74) is 1.42. The van der Waals surface area contributed by atoms with Crippen LogP contribution in [0.1, 0.15) is 15.9 Å². The number of hydrogen-bond donors (Lipinski definition) is 0. The van der Waals surface area contributed by atoms with Gasteiger partial charge in [-0.25, -0.2) is 0 Å². The van der Waals surface area contributed by atoms with Gasteiger partial charge in [0.15, 0.2) is 0 Å². The van der Waals surface area contributed by atoms with Gasteiger partial charge in [0.05, 0.1) is 23.9 Å². The Morgan fingerprint density at radius 1 is 1.52 bits per heavy atom. The Kier molecular flexibility index (Phi) is 5.10. The van der Waals surface area contributed by atoms with Gasteiger partial charge in [-0.15, -0.1) is 0 Å². The molecule has 0 saturated carbocycles. The SMILES string of the molecule is COc1cc(I)c(Cl)cc1C(=O)N(C)Cc1cnn(C)c1. The number of methoxy groups -OCH3 is 1. The van der Waals surface area contributed by atoms with E-state index in [9.17, 15) is 4.79 Å². The lowest BCUT2D eigenvalue weighted by atomic mass is 10.1. The first kappa shape index (κ1) is 16.1. The summed E-state index contributed by atoms with van der Waals surface area (Å²) in [7, 11) is 5.12. The van der Waals surface area contributed by atoms with E-state index in [0.717, 1.165) is 9.13 Å². The number of ether oxygens (including phenoxy) is 1. The predicted octanol–water partition coefficient (Wildman–Crippen LogP) is 2.96. The average Bonchev–Trinajstić information content (AvgIpc) is 2.85. The molecule has 0 aliphatic carbocycles. The van der Waals surface area contributed by atoms with Crippen molar-refractivity contribution in [2.75, 3.05) is 14.2 Å². The third-order valence-electron chi connectivity index (χ3n) is 3.00. The van der Waals surface area contributed by atoms with E-state index in [0.29, 0.717) is 22.9 Å². The normalized spacial score (nSPS) is 10.5. The summed E-state index contributed by atoms with van der Waals surface area (Å²) in [5, 5.41) is 4.63. The van der Waals surface area contributed by atoms with Crippen LogP contribution in [0.2, 0.25) is 5.02 Å². The second kappa shape index (κ2) is 6.65. The molecule has 2 rings (SSSR count). The third kappa shape index (κ3) is 3.68. The lowest BCUT2D eigenvalue weighted by molar-refractivity contribution is 0.0781. The number of carbonyl (C=O) groups is 1. The molecule has 1 heterocycles. The number of aromatic nitrogens is 2. The van der Waals surface area contributed by atoms with Gasteiger partial charge >= 0.3 is 0 Å². The Morgan fingerprint density at radius 2 is 2.24 bits per heavy atom. The number of amides is 1. The number of rotatable bonds is 4. The van der Waals surface area contributed by atoms with Crippen LogP contribution in [0.3, 0.4) is 0 Å². The first-order valence-corrected chi connectivity index (χ1v) is 7.64. The first-order chi connectivity index (χ1) is 9.92. The van der Waals surface area contributed by atoms with Crippen molar-refractivity contribution in [3.8, 4) is 5.75 Å². The van der Waals surface area contributed by atoms with Crippen LogP contribution in [0.15, 0.2) is 24.5 Å². The maximum Gasteiger partial charge on any atom is 0.257 e. The number of aryl methyl sites for hydroxylation is 1. The highest BCUT2D eigenvalue weighted by Gasteiger charge is 2.19. The molecule has 1 amide bonds. The number of benzene rings is 1. The molecular formula is C14H15ClIN3O2. The average molecular weight is 420 g/mol. The highest BCUT2D eigenvalue weighted by atomic mass is 127. The van der Waals surface area contributed by atoms with Crippen LogP contribution in [0, 0.1) is 3.57 Å². The van der Waals surface area contributed by atoms with Gasteiger partial charge in [-0.1, -0.05) is 11.6 Å². The molecule has 5 nitrogen and oxygen atoms in total. The van der Waals surface area contributed by atoms with E-state index in [2.05, 4.69) is 27.7 Å². The molecule has 0 aliphatic rings. The lowest BCUT2D eigenvalue weighted by Crippen LogP contribution is -2.26. The van der Waals surface area contributed by atoms with Crippen molar-refractivity contribution in [2.24, 2.45) is 7.05 Å². The smallest absolute Gasteiger partial charge is 0.257 e. The largest absolute Gasteiger partial charge is 0.496 e. The van der Waals surface area contributed by atoms with Crippen LogP contribution in [-0.4, -0.2) is 34.7 Å². The van der Waals surface area contributed by atoms with Crippen molar-refractivity contribution in [1.29, 1.82) is 0 Å². The maximum atomic E-state index is 12.6. The summed E-state index contributed by atoms with van der Waals surface area (Å²) < 4.78 is 7.83. The number of halogens is 2. The molecule has 0 unspecified atom stereocenters. The van der Waals surface area contributed by atoms with Gasteiger partial charge in [-0.2, -0.15) is 5.10 Å². The number of nitrogens with zero attached hydrogens (tertiary/aromatic N) is 3. The molecule has 7 heteroatoms. The molecule has 0 atom stereocenters. The van der Waals surface area contributed by atoms with Gasteiger partial charge in [0.1, 0.15) is 5.75 Å². The molecule has 0 spiro atoms. The Labute approximate surface area is 142 Å². The Bertz CT molecular complexity index is 672. The minimum absolute atomic E-state index is 0.144. The minimum Gasteiger partial charge on any atom is -0.496 e. The molecular weight excluding hydrogens is 405 g/mol. The molecule has 0 radical (unpaired) electrons. The van der Waals surface area contributed by atoms with E-state index in [1.165, 1.54) is 7.11 Å². The van der Waals surface area contributed by atoms with Crippen LogP contribution < -0.4 is 4.74 Å². The zero-order chi connectivity index (χ0) is 15.6. The molecule has 0 N–H and O–H groups in total. The maximum absolute atomic E-state index is 12.6. The van der Waals surface area contributed by atoms with Crippen molar-refractivity contribution in [2.45, 2.75) is 6.54 Å². The molecule has 2 aromatic rings. The van der Waals surface area contributed by atoms with Crippen LogP contribution in [-0.2, 0) is 13.6 Å². The monoisotopic (exact) mass is 419 g/mol. The summed E-state index contributed by atoms with van der Waals surface area (Å²) >= 11 is 8.21. The van der Waals surface area contributed by atoms with E-state index in [-0.39, 0.29) is 5.91 Å². The molecule has 1 aromatic heterocycles. The van der Waals surface area contributed by atoms with Gasteiger partial charge in [0, 0.05) is 36.0 Å². The van der Waals surface area contributed by atoms with Crippen molar-refractivity contribution in [3.05, 3.63) is 44.2 Å². The van der Waals surface area contributed by atoms with Crippen molar-refractivity contribution >= 4 is 40.1 Å². The summed E-state index contributed by atoms with van der Waals surface area (Å²) in [6.45, 7) is 0.472. The Morgan fingerprint density at radius 3 is 2.81 bits per heavy atom. The van der Waals surface area contributed by atoms with Crippen LogP contribution in [0.4, 0.5) is 0 Å². The molecule has 0 aliphatic heterocycles. The van der Waals surface area contributed by atoms with Gasteiger partial charge in [-0.3, -0.25) is 9.48 Å². The zero-order valence-electron chi connectivity index (χ0n) is 11.9. The van der Waals surface area contributed by atoms with Crippen LogP contribution in [0.25, 0.3) is 0 Å². The van der Waals surface area contributed by atoms with Gasteiger partial charge in [0.2, 0.25) is 0 Å². The fraction of sp³-hybridized carbons (Fsp3) is 0.286. The Hall–Kier alpha value is -1.28. The standard InChI is InChI=1S/C14H15ClIN3O2/c1-18(7-9-6-17-19(2)8-9)14(20)10-4-11(15)12(16)5-13(10)21-3/h4-6,8H,7H2,1-3H3. The van der Waals surface area contributed by atoms with Crippen molar-refractivity contribution < 1.29 is 9.53 Å². The summed E-state index contributed by atoms with van der Waals surface area (Å²) in [6, 6.07) is 3.40. The fourth-order valence-corrected chi connectivity index (χ4v) is 2.57. The van der Waals surface area contributed by atoms with Crippen LogP contribution in [0.5, 0.6) is 5.75 Å². The second-order valence-corrected chi connectivity index (χ2v) is 6.22. The van der Waals surface area contributed by atoms with Crippen molar-refractivity contribution in [3.63, 3.8) is 0 Å². The second-order valence-electron chi connectivity index (χ2n) is 4.65.